The van der Waals surface area contributed by atoms with Crippen molar-refractivity contribution in [2.24, 2.45) is 0 Å². The summed E-state index contributed by atoms with van der Waals surface area (Å²) >= 11 is 1.24. The molecule has 0 aliphatic rings. The molecule has 0 saturated heterocycles. The fourth-order valence-electron chi connectivity index (χ4n) is 1.61. The van der Waals surface area contributed by atoms with Gasteiger partial charge in [-0.1, -0.05) is 0 Å². The molecule has 6 nitrogen and oxygen atoms in total. The van der Waals surface area contributed by atoms with Crippen LogP contribution in [0.3, 0.4) is 0 Å². The topological polar surface area (TPSA) is 68.7 Å². The number of hydrogen-bond donors (Lipinski definition) is 0. The summed E-state index contributed by atoms with van der Waals surface area (Å²) < 4.78 is 36.5. The molecule has 0 saturated carbocycles. The van der Waals surface area contributed by atoms with Crippen molar-refractivity contribution in [2.45, 2.75) is 4.90 Å². The van der Waals surface area contributed by atoms with E-state index in [0.717, 1.165) is 4.31 Å². The van der Waals surface area contributed by atoms with Crippen LogP contribution in [0, 0.1) is 0 Å². The van der Waals surface area contributed by atoms with Crippen LogP contribution in [0.15, 0.2) is 34.7 Å². The molecule has 1 aromatic heterocycles. The zero-order chi connectivity index (χ0) is 14.8. The van der Waals surface area contributed by atoms with E-state index < -0.39 is 10.0 Å². The molecule has 0 atom stereocenters. The van der Waals surface area contributed by atoms with Gasteiger partial charge < -0.3 is 9.47 Å². The predicted molar refractivity (Wildman–Crippen MR) is 77.2 cm³/mol. The van der Waals surface area contributed by atoms with Crippen LogP contribution in [-0.4, -0.2) is 34.7 Å². The molecule has 0 unspecified atom stereocenters. The van der Waals surface area contributed by atoms with Gasteiger partial charge in [-0.25, -0.2) is 17.7 Å². The molecule has 0 N–H and O–H groups in total. The zero-order valence-electron chi connectivity index (χ0n) is 11.2. The molecule has 0 bridgehead atoms. The molecule has 0 aliphatic heterocycles. The Morgan fingerprint density at radius 1 is 1.25 bits per heavy atom. The van der Waals surface area contributed by atoms with Crippen LogP contribution in [0.5, 0.6) is 11.5 Å². The summed E-state index contributed by atoms with van der Waals surface area (Å²) in [4.78, 5) is 4.06. The molecule has 20 heavy (non-hydrogen) atoms. The minimum atomic E-state index is -3.73. The lowest BCUT2D eigenvalue weighted by Gasteiger charge is -2.18. The van der Waals surface area contributed by atoms with Crippen molar-refractivity contribution < 1.29 is 17.9 Å². The summed E-state index contributed by atoms with van der Waals surface area (Å²) in [5.74, 6) is 0.755. The summed E-state index contributed by atoms with van der Waals surface area (Å²) in [5, 5.41) is 2.11. The molecule has 1 aromatic carbocycles. The molecule has 0 spiro atoms. The van der Waals surface area contributed by atoms with E-state index in [1.54, 1.807) is 17.6 Å². The number of anilines is 1. The zero-order valence-corrected chi connectivity index (χ0v) is 12.9. The molecular weight excluding hydrogens is 300 g/mol. The summed E-state index contributed by atoms with van der Waals surface area (Å²) in [7, 11) is 0.646. The van der Waals surface area contributed by atoms with Crippen LogP contribution in [0.1, 0.15) is 0 Å². The van der Waals surface area contributed by atoms with Gasteiger partial charge in [-0.2, -0.15) is 0 Å². The second-order valence-corrected chi connectivity index (χ2v) is 6.61. The Balaban J connectivity index is 2.49. The number of rotatable bonds is 5. The van der Waals surface area contributed by atoms with E-state index in [9.17, 15) is 8.42 Å². The van der Waals surface area contributed by atoms with Crippen LogP contribution in [0.25, 0.3) is 0 Å². The van der Waals surface area contributed by atoms with E-state index in [1.165, 1.54) is 44.7 Å². The molecule has 8 heteroatoms. The fourth-order valence-corrected chi connectivity index (χ4v) is 3.73. The summed E-state index contributed by atoms with van der Waals surface area (Å²) in [6.45, 7) is 0. The Morgan fingerprint density at radius 3 is 2.55 bits per heavy atom. The fraction of sp³-hybridized carbons (Fsp3) is 0.250. The number of aromatic nitrogens is 1. The Kier molecular flexibility index (Phi) is 4.15. The van der Waals surface area contributed by atoms with Gasteiger partial charge in [0.15, 0.2) is 5.13 Å². The van der Waals surface area contributed by atoms with Gasteiger partial charge >= 0.3 is 0 Å². The Hall–Kier alpha value is -1.80. The maximum Gasteiger partial charge on any atom is 0.269 e. The second-order valence-electron chi connectivity index (χ2n) is 3.80. The van der Waals surface area contributed by atoms with E-state index in [4.69, 9.17) is 9.47 Å². The van der Waals surface area contributed by atoms with Gasteiger partial charge in [0, 0.05) is 24.7 Å². The lowest BCUT2D eigenvalue weighted by molar-refractivity contribution is 0.386. The molecule has 0 amide bonds. The van der Waals surface area contributed by atoms with Gasteiger partial charge in [-0.05, 0) is 12.1 Å². The van der Waals surface area contributed by atoms with Crippen molar-refractivity contribution >= 4 is 26.5 Å². The van der Waals surface area contributed by atoms with Gasteiger partial charge in [-0.15, -0.1) is 11.3 Å². The third-order valence-electron chi connectivity index (χ3n) is 2.70. The number of hydrogen-bond acceptors (Lipinski definition) is 6. The maximum absolute atomic E-state index is 12.6. The highest BCUT2D eigenvalue weighted by Gasteiger charge is 2.26. The van der Waals surface area contributed by atoms with Gasteiger partial charge in [0.25, 0.3) is 10.0 Å². The van der Waals surface area contributed by atoms with Crippen LogP contribution < -0.4 is 13.8 Å². The third kappa shape index (κ3) is 2.56. The Labute approximate surface area is 121 Å². The minimum absolute atomic E-state index is 0.0681. The molecule has 0 fully saturated rings. The number of sulfonamides is 1. The van der Waals surface area contributed by atoms with E-state index in [1.807, 2.05) is 0 Å². The SMILES string of the molecule is COc1ccc(S(=O)(=O)N(C)c2nccs2)c(OC)c1. The van der Waals surface area contributed by atoms with Gasteiger partial charge in [0.05, 0.1) is 14.2 Å². The number of nitrogens with zero attached hydrogens (tertiary/aromatic N) is 2. The van der Waals surface area contributed by atoms with E-state index >= 15 is 0 Å². The van der Waals surface area contributed by atoms with Crippen molar-refractivity contribution in [3.05, 3.63) is 29.8 Å². The average Bonchev–Trinajstić information content (AvgIpc) is 2.99. The predicted octanol–water partition coefficient (Wildman–Crippen LogP) is 1.99. The lowest BCUT2D eigenvalue weighted by Crippen LogP contribution is -2.26. The molecule has 0 aliphatic carbocycles. The smallest absolute Gasteiger partial charge is 0.269 e. The van der Waals surface area contributed by atoms with Crippen LogP contribution in [0.4, 0.5) is 5.13 Å². The van der Waals surface area contributed by atoms with E-state index in [-0.39, 0.29) is 10.6 Å². The summed E-state index contributed by atoms with van der Waals surface area (Å²) in [6.07, 6.45) is 1.55. The largest absolute Gasteiger partial charge is 0.497 e. The van der Waals surface area contributed by atoms with Crippen LogP contribution in [-0.2, 0) is 10.0 Å². The van der Waals surface area contributed by atoms with Crippen molar-refractivity contribution in [3.8, 4) is 11.5 Å². The highest BCUT2D eigenvalue weighted by atomic mass is 32.2. The number of thiazole rings is 1. The van der Waals surface area contributed by atoms with Gasteiger partial charge in [0.2, 0.25) is 0 Å². The molecule has 1 heterocycles. The Bertz CT molecular complexity index is 683. The number of benzene rings is 1. The monoisotopic (exact) mass is 314 g/mol. The maximum atomic E-state index is 12.6. The molecular formula is C12H14N2O4S2. The van der Waals surface area contributed by atoms with Crippen LogP contribution in [0.2, 0.25) is 0 Å². The summed E-state index contributed by atoms with van der Waals surface area (Å²) in [6, 6.07) is 4.56. The Morgan fingerprint density at radius 2 is 2.00 bits per heavy atom. The summed E-state index contributed by atoms with van der Waals surface area (Å²) in [5.41, 5.74) is 0. The first-order valence-corrected chi connectivity index (χ1v) is 7.93. The third-order valence-corrected chi connectivity index (χ3v) is 5.45. The second kappa shape index (κ2) is 5.68. The highest BCUT2D eigenvalue weighted by Crippen LogP contribution is 2.32. The van der Waals surface area contributed by atoms with E-state index in [2.05, 4.69) is 4.98 Å². The number of methoxy groups -OCH3 is 2. The number of ether oxygens (including phenoxy) is 2. The molecule has 2 aromatic rings. The highest BCUT2D eigenvalue weighted by molar-refractivity contribution is 7.93. The molecule has 0 radical (unpaired) electrons. The molecule has 108 valence electrons. The first kappa shape index (κ1) is 14.6. The van der Waals surface area contributed by atoms with E-state index in [0.29, 0.717) is 10.9 Å². The minimum Gasteiger partial charge on any atom is -0.497 e. The quantitative estimate of drug-likeness (QED) is 0.844. The lowest BCUT2D eigenvalue weighted by atomic mass is 10.3. The van der Waals surface area contributed by atoms with Crippen molar-refractivity contribution in [2.75, 3.05) is 25.6 Å². The van der Waals surface area contributed by atoms with Crippen molar-refractivity contribution in [3.63, 3.8) is 0 Å². The van der Waals surface area contributed by atoms with Crippen molar-refractivity contribution in [1.29, 1.82) is 0 Å². The van der Waals surface area contributed by atoms with Gasteiger partial charge in [0.1, 0.15) is 16.4 Å². The first-order chi connectivity index (χ1) is 9.50. The average molecular weight is 314 g/mol. The molecule has 2 rings (SSSR count). The normalized spacial score (nSPS) is 11.2. The first-order valence-electron chi connectivity index (χ1n) is 5.61. The van der Waals surface area contributed by atoms with Gasteiger partial charge in [-0.3, -0.25) is 0 Å². The standard InChI is InChI=1S/C12H14N2O4S2/c1-14(12-13-6-7-19-12)20(15,16)11-5-4-9(17-2)8-10(11)18-3/h4-8H,1-3H3. The van der Waals surface area contributed by atoms with Crippen LogP contribution >= 0.6 is 11.3 Å². The van der Waals surface area contributed by atoms with Crippen molar-refractivity contribution in [1.82, 2.24) is 4.98 Å².